The van der Waals surface area contributed by atoms with Crippen LogP contribution in [0.2, 0.25) is 0 Å². The van der Waals surface area contributed by atoms with Crippen molar-refractivity contribution in [2.24, 2.45) is 0 Å². The molecule has 0 radical (unpaired) electrons. The van der Waals surface area contributed by atoms with Crippen molar-refractivity contribution in [2.45, 2.75) is 38.8 Å². The normalized spacial score (nSPS) is 19.9. The van der Waals surface area contributed by atoms with Gasteiger partial charge in [-0.25, -0.2) is 4.79 Å². The van der Waals surface area contributed by atoms with Crippen LogP contribution in [0.15, 0.2) is 18.2 Å². The van der Waals surface area contributed by atoms with Crippen molar-refractivity contribution in [3.8, 4) is 0 Å². The molecule has 1 aromatic carbocycles. The molecule has 0 aromatic heterocycles. The minimum Gasteiger partial charge on any atom is -0.468 e. The van der Waals surface area contributed by atoms with Gasteiger partial charge in [-0.3, -0.25) is 5.32 Å². The number of rotatable bonds is 5. The van der Waals surface area contributed by atoms with Gasteiger partial charge in [-0.1, -0.05) is 18.2 Å². The van der Waals surface area contributed by atoms with Crippen LogP contribution >= 0.6 is 0 Å². The van der Waals surface area contributed by atoms with Crippen LogP contribution in [-0.2, 0) is 14.3 Å². The maximum absolute atomic E-state index is 12.1. The molecule has 4 nitrogen and oxygen atoms in total. The lowest BCUT2D eigenvalue weighted by Gasteiger charge is -2.21. The fourth-order valence-corrected chi connectivity index (χ4v) is 2.58. The molecule has 2 unspecified atom stereocenters. The highest BCUT2D eigenvalue weighted by Gasteiger charge is 2.25. The first kappa shape index (κ1) is 15.0. The number of benzene rings is 1. The van der Waals surface area contributed by atoms with Crippen molar-refractivity contribution in [3.63, 3.8) is 0 Å². The maximum atomic E-state index is 12.1. The second-order valence-electron chi connectivity index (χ2n) is 5.29. The average Bonchev–Trinajstić information content (AvgIpc) is 2.96. The molecule has 2 rings (SSSR count). The smallest absolute Gasteiger partial charge is 0.327 e. The molecule has 1 aromatic rings. The largest absolute Gasteiger partial charge is 0.468 e. The third-order valence-electron chi connectivity index (χ3n) is 3.97. The molecule has 1 aliphatic rings. The van der Waals surface area contributed by atoms with E-state index in [0.29, 0.717) is 6.54 Å². The summed E-state index contributed by atoms with van der Waals surface area (Å²) < 4.78 is 10.5. The minimum atomic E-state index is -0.427. The molecular formula is C16H23NO3. The monoisotopic (exact) mass is 277 g/mol. The Morgan fingerprint density at radius 2 is 2.30 bits per heavy atom. The van der Waals surface area contributed by atoms with Crippen molar-refractivity contribution in [3.05, 3.63) is 34.9 Å². The van der Waals surface area contributed by atoms with Gasteiger partial charge < -0.3 is 9.47 Å². The molecule has 1 N–H and O–H groups in total. The number of hydrogen-bond acceptors (Lipinski definition) is 4. The van der Waals surface area contributed by atoms with E-state index in [2.05, 4.69) is 5.32 Å². The first-order chi connectivity index (χ1) is 9.63. The molecule has 0 aliphatic carbocycles. The summed E-state index contributed by atoms with van der Waals surface area (Å²) in [6.07, 6.45) is 2.35. The predicted octanol–water partition coefficient (Wildman–Crippen LogP) is 2.29. The average molecular weight is 277 g/mol. The Labute approximate surface area is 120 Å². The van der Waals surface area contributed by atoms with Gasteiger partial charge >= 0.3 is 5.97 Å². The lowest BCUT2D eigenvalue weighted by atomic mass is 9.97. The van der Waals surface area contributed by atoms with E-state index in [-0.39, 0.29) is 12.1 Å². The second kappa shape index (κ2) is 6.86. The van der Waals surface area contributed by atoms with Gasteiger partial charge in [0.05, 0.1) is 13.2 Å². The number of methoxy groups -OCH3 is 1. The Morgan fingerprint density at radius 3 is 2.95 bits per heavy atom. The maximum Gasteiger partial charge on any atom is 0.327 e. The van der Waals surface area contributed by atoms with Gasteiger partial charge in [-0.2, -0.15) is 0 Å². The molecule has 1 fully saturated rings. The number of carbonyl (C=O) groups is 1. The van der Waals surface area contributed by atoms with Gasteiger partial charge in [0.2, 0.25) is 0 Å². The van der Waals surface area contributed by atoms with Crippen molar-refractivity contribution >= 4 is 5.97 Å². The minimum absolute atomic E-state index is 0.201. The number of nitrogens with one attached hydrogen (secondary N) is 1. The van der Waals surface area contributed by atoms with Crippen LogP contribution in [0.5, 0.6) is 0 Å². The molecule has 0 amide bonds. The fourth-order valence-electron chi connectivity index (χ4n) is 2.58. The highest BCUT2D eigenvalue weighted by atomic mass is 16.5. The summed E-state index contributed by atoms with van der Waals surface area (Å²) in [7, 11) is 1.42. The lowest BCUT2D eigenvalue weighted by Crippen LogP contribution is -2.35. The van der Waals surface area contributed by atoms with E-state index in [1.165, 1.54) is 12.7 Å². The fraction of sp³-hybridized carbons (Fsp3) is 0.562. The highest BCUT2D eigenvalue weighted by Crippen LogP contribution is 2.22. The second-order valence-corrected chi connectivity index (χ2v) is 5.29. The number of aryl methyl sites for hydroxylation is 1. The molecule has 20 heavy (non-hydrogen) atoms. The van der Waals surface area contributed by atoms with Crippen LogP contribution in [0.25, 0.3) is 0 Å². The first-order valence-corrected chi connectivity index (χ1v) is 7.12. The standard InChI is InChI=1S/C16H23NO3/c1-11-6-4-8-14(12(11)2)15(16(18)19-3)17-10-13-7-5-9-20-13/h4,6,8,13,15,17H,5,7,9-10H2,1-3H3. The zero-order valence-electron chi connectivity index (χ0n) is 12.4. The van der Waals surface area contributed by atoms with Gasteiger partial charge in [0.15, 0.2) is 0 Å². The van der Waals surface area contributed by atoms with E-state index in [1.54, 1.807) is 0 Å². The number of carbonyl (C=O) groups excluding carboxylic acids is 1. The van der Waals surface area contributed by atoms with Crippen LogP contribution in [0.3, 0.4) is 0 Å². The highest BCUT2D eigenvalue weighted by molar-refractivity contribution is 5.78. The van der Waals surface area contributed by atoms with Crippen LogP contribution in [0.4, 0.5) is 0 Å². The van der Waals surface area contributed by atoms with Crippen molar-refractivity contribution < 1.29 is 14.3 Å². The van der Waals surface area contributed by atoms with Gasteiger partial charge in [0, 0.05) is 13.2 Å². The summed E-state index contributed by atoms with van der Waals surface area (Å²) in [5.74, 6) is -0.253. The summed E-state index contributed by atoms with van der Waals surface area (Å²) in [6.45, 7) is 5.58. The van der Waals surface area contributed by atoms with Gasteiger partial charge in [-0.15, -0.1) is 0 Å². The molecule has 4 heteroatoms. The summed E-state index contributed by atoms with van der Waals surface area (Å²) in [6, 6.07) is 5.57. The Kier molecular flexibility index (Phi) is 5.15. The predicted molar refractivity (Wildman–Crippen MR) is 77.6 cm³/mol. The van der Waals surface area contributed by atoms with Gasteiger partial charge in [0.1, 0.15) is 6.04 Å². The summed E-state index contributed by atoms with van der Waals surface area (Å²) >= 11 is 0. The molecule has 1 saturated heterocycles. The lowest BCUT2D eigenvalue weighted by molar-refractivity contribution is -0.143. The topological polar surface area (TPSA) is 47.6 Å². The molecule has 0 bridgehead atoms. The van der Waals surface area contributed by atoms with Crippen LogP contribution in [-0.4, -0.2) is 32.3 Å². The molecule has 2 atom stereocenters. The Bertz CT molecular complexity index is 467. The van der Waals surface area contributed by atoms with Crippen LogP contribution in [0, 0.1) is 13.8 Å². The van der Waals surface area contributed by atoms with E-state index < -0.39 is 6.04 Å². The Morgan fingerprint density at radius 1 is 1.50 bits per heavy atom. The molecule has 1 heterocycles. The van der Waals surface area contributed by atoms with Crippen molar-refractivity contribution in [1.82, 2.24) is 5.32 Å². The molecule has 110 valence electrons. The van der Waals surface area contributed by atoms with Gasteiger partial charge in [-0.05, 0) is 43.4 Å². The number of esters is 1. The van der Waals surface area contributed by atoms with E-state index in [1.807, 2.05) is 32.0 Å². The van der Waals surface area contributed by atoms with E-state index >= 15 is 0 Å². The Hall–Kier alpha value is -1.39. The zero-order valence-corrected chi connectivity index (χ0v) is 12.4. The van der Waals surface area contributed by atoms with E-state index in [0.717, 1.165) is 30.6 Å². The molecule has 0 saturated carbocycles. The molecular weight excluding hydrogens is 254 g/mol. The third-order valence-corrected chi connectivity index (χ3v) is 3.97. The van der Waals surface area contributed by atoms with Crippen LogP contribution in [0.1, 0.15) is 35.6 Å². The van der Waals surface area contributed by atoms with E-state index in [9.17, 15) is 4.79 Å². The zero-order chi connectivity index (χ0) is 14.5. The SMILES string of the molecule is COC(=O)C(NCC1CCCO1)c1cccc(C)c1C. The summed E-state index contributed by atoms with van der Waals surface area (Å²) in [5.41, 5.74) is 3.29. The summed E-state index contributed by atoms with van der Waals surface area (Å²) in [5, 5.41) is 3.30. The van der Waals surface area contributed by atoms with Gasteiger partial charge in [0.25, 0.3) is 0 Å². The third kappa shape index (κ3) is 3.38. The quantitative estimate of drug-likeness (QED) is 0.839. The van der Waals surface area contributed by atoms with Crippen molar-refractivity contribution in [1.29, 1.82) is 0 Å². The first-order valence-electron chi connectivity index (χ1n) is 7.12. The molecule has 0 spiro atoms. The summed E-state index contributed by atoms with van der Waals surface area (Å²) in [4.78, 5) is 12.1. The van der Waals surface area contributed by atoms with Crippen molar-refractivity contribution in [2.75, 3.05) is 20.3 Å². The molecule has 1 aliphatic heterocycles. The Balaban J connectivity index is 2.14. The van der Waals surface area contributed by atoms with E-state index in [4.69, 9.17) is 9.47 Å². The number of ether oxygens (including phenoxy) is 2. The van der Waals surface area contributed by atoms with Crippen LogP contribution < -0.4 is 5.32 Å². The number of hydrogen-bond donors (Lipinski definition) is 1.